The maximum absolute atomic E-state index is 12.6. The van der Waals surface area contributed by atoms with E-state index in [0.717, 1.165) is 17.7 Å². The molecule has 0 unspecified atom stereocenters. The Morgan fingerprint density at radius 2 is 1.77 bits per heavy atom. The molecule has 2 aromatic rings. The number of alkyl halides is 3. The van der Waals surface area contributed by atoms with Crippen molar-refractivity contribution in [3.8, 4) is 0 Å². The predicted molar refractivity (Wildman–Crippen MR) is 102 cm³/mol. The minimum absolute atomic E-state index is 0.00626. The molecule has 0 radical (unpaired) electrons. The number of halogens is 3. The minimum atomic E-state index is -4.09. The fraction of sp³-hybridized carbons (Fsp3) is 0.429. The monoisotopic (exact) mass is 379 g/mol. The summed E-state index contributed by atoms with van der Waals surface area (Å²) in [6, 6.07) is 18.4. The molecule has 0 bridgehead atoms. The van der Waals surface area contributed by atoms with Crippen LogP contribution in [0.3, 0.4) is 0 Å². The minimum Gasteiger partial charge on any atom is -0.300 e. The van der Waals surface area contributed by atoms with Crippen LogP contribution in [0.15, 0.2) is 59.5 Å². The molecule has 0 spiro atoms. The van der Waals surface area contributed by atoms with Crippen molar-refractivity contribution >= 4 is 11.8 Å². The molecule has 0 aromatic heterocycles. The van der Waals surface area contributed by atoms with Crippen molar-refractivity contribution in [3.63, 3.8) is 0 Å². The first kappa shape index (κ1) is 19.3. The lowest BCUT2D eigenvalue weighted by molar-refractivity contribution is -0.136. The molecule has 0 aliphatic carbocycles. The molecule has 1 heterocycles. The maximum atomic E-state index is 12.6. The highest BCUT2D eigenvalue weighted by Crippen LogP contribution is 2.41. The van der Waals surface area contributed by atoms with Crippen LogP contribution in [0, 0.1) is 0 Å². The van der Waals surface area contributed by atoms with Gasteiger partial charge in [0.1, 0.15) is 0 Å². The first-order valence-corrected chi connectivity index (χ1v) is 10.0. The molecule has 0 saturated heterocycles. The molecule has 2 aromatic carbocycles. The summed E-state index contributed by atoms with van der Waals surface area (Å²) in [6.45, 7) is 2.07. The Kier molecular flexibility index (Phi) is 5.98. The summed E-state index contributed by atoms with van der Waals surface area (Å²) in [7, 11) is 0. The van der Waals surface area contributed by atoms with Gasteiger partial charge in [0, 0.05) is 22.6 Å². The summed E-state index contributed by atoms with van der Waals surface area (Å²) in [4.78, 5) is 1.21. The molecule has 0 saturated carbocycles. The molecule has 2 atom stereocenters. The van der Waals surface area contributed by atoms with Crippen LogP contribution in [0.1, 0.15) is 49.8 Å². The number of hydrogen-bond donors (Lipinski definition) is 1. The summed E-state index contributed by atoms with van der Waals surface area (Å²) >= 11 is 1.75. The SMILES string of the molecule is CC[C@]1(CCCC(F)(F)F)CSc2ccccc2[C@H](c2ccccc2)N1. The molecule has 140 valence electrons. The van der Waals surface area contributed by atoms with Gasteiger partial charge < -0.3 is 0 Å². The third kappa shape index (κ3) is 4.63. The van der Waals surface area contributed by atoms with Crippen LogP contribution in [-0.4, -0.2) is 17.5 Å². The van der Waals surface area contributed by atoms with E-state index < -0.39 is 12.6 Å². The molecule has 1 nitrogen and oxygen atoms in total. The van der Waals surface area contributed by atoms with Gasteiger partial charge in [-0.25, -0.2) is 0 Å². The predicted octanol–water partition coefficient (Wildman–Crippen LogP) is 6.35. The number of rotatable bonds is 5. The van der Waals surface area contributed by atoms with Gasteiger partial charge in [0.2, 0.25) is 0 Å². The van der Waals surface area contributed by atoms with Gasteiger partial charge in [-0.2, -0.15) is 13.2 Å². The third-order valence-electron chi connectivity index (χ3n) is 5.11. The Hall–Kier alpha value is -1.46. The lowest BCUT2D eigenvalue weighted by Crippen LogP contribution is -2.48. The molecule has 3 rings (SSSR count). The van der Waals surface area contributed by atoms with Crippen LogP contribution in [-0.2, 0) is 0 Å². The van der Waals surface area contributed by atoms with Crippen LogP contribution in [0.25, 0.3) is 0 Å². The number of fused-ring (bicyclic) bond motifs is 1. The Labute approximate surface area is 157 Å². The first-order chi connectivity index (χ1) is 12.4. The normalized spacial score (nSPS) is 23.3. The fourth-order valence-electron chi connectivity index (χ4n) is 3.55. The van der Waals surface area contributed by atoms with Crippen molar-refractivity contribution < 1.29 is 13.2 Å². The summed E-state index contributed by atoms with van der Waals surface area (Å²) in [6.07, 6.45) is -3.33. The molecule has 5 heteroatoms. The second-order valence-corrected chi connectivity index (χ2v) is 7.93. The second kappa shape index (κ2) is 8.05. The molecule has 1 aliphatic rings. The molecular weight excluding hydrogens is 355 g/mol. The van der Waals surface area contributed by atoms with Gasteiger partial charge in [0.15, 0.2) is 0 Å². The van der Waals surface area contributed by atoms with Crippen LogP contribution < -0.4 is 5.32 Å². The second-order valence-electron chi connectivity index (χ2n) is 6.92. The standard InChI is InChI=1S/C21H24F3NS/c1-2-20(13-8-14-21(22,23)24)15-26-18-12-7-6-11-17(18)19(25-20)16-9-4-3-5-10-16/h3-7,9-12,19,25H,2,8,13-15H2,1H3/t19-,20-/m0/s1. The highest BCUT2D eigenvalue weighted by Gasteiger charge is 2.37. The van der Waals surface area contributed by atoms with Crippen LogP contribution >= 0.6 is 11.8 Å². The van der Waals surface area contributed by atoms with E-state index in [1.54, 1.807) is 11.8 Å². The number of thioether (sulfide) groups is 1. The maximum Gasteiger partial charge on any atom is 0.389 e. The van der Waals surface area contributed by atoms with E-state index in [1.165, 1.54) is 10.5 Å². The molecule has 0 amide bonds. The lowest BCUT2D eigenvalue weighted by Gasteiger charge is -2.36. The first-order valence-electron chi connectivity index (χ1n) is 9.04. The Bertz CT molecular complexity index is 717. The highest BCUT2D eigenvalue weighted by atomic mass is 32.2. The summed E-state index contributed by atoms with van der Waals surface area (Å²) < 4.78 is 37.9. The number of hydrogen-bond acceptors (Lipinski definition) is 2. The van der Waals surface area contributed by atoms with Crippen molar-refractivity contribution in [2.45, 2.75) is 55.3 Å². The van der Waals surface area contributed by atoms with Crippen LogP contribution in [0.5, 0.6) is 0 Å². The molecular formula is C21H24F3NS. The van der Waals surface area contributed by atoms with Crippen LogP contribution in [0.2, 0.25) is 0 Å². The Morgan fingerprint density at radius 3 is 2.46 bits per heavy atom. The average molecular weight is 379 g/mol. The Morgan fingerprint density at radius 1 is 1.08 bits per heavy atom. The largest absolute Gasteiger partial charge is 0.389 e. The molecule has 1 aliphatic heterocycles. The van der Waals surface area contributed by atoms with E-state index in [9.17, 15) is 13.2 Å². The summed E-state index contributed by atoms with van der Waals surface area (Å²) in [5.41, 5.74) is 2.04. The van der Waals surface area contributed by atoms with Crippen LogP contribution in [0.4, 0.5) is 13.2 Å². The van der Waals surface area contributed by atoms with Crippen molar-refractivity contribution in [2.24, 2.45) is 0 Å². The number of nitrogens with one attached hydrogen (secondary N) is 1. The zero-order valence-corrected chi connectivity index (χ0v) is 15.7. The quantitative estimate of drug-likeness (QED) is 0.649. The Balaban J connectivity index is 1.90. The van der Waals surface area contributed by atoms with E-state index >= 15 is 0 Å². The van der Waals surface area contributed by atoms with Crippen molar-refractivity contribution in [3.05, 3.63) is 65.7 Å². The smallest absolute Gasteiger partial charge is 0.300 e. The summed E-state index contributed by atoms with van der Waals surface area (Å²) in [5, 5.41) is 3.75. The fourth-order valence-corrected chi connectivity index (χ4v) is 4.94. The van der Waals surface area contributed by atoms with E-state index in [4.69, 9.17) is 0 Å². The van der Waals surface area contributed by atoms with Gasteiger partial charge in [0.05, 0.1) is 6.04 Å². The van der Waals surface area contributed by atoms with Gasteiger partial charge in [-0.1, -0.05) is 55.5 Å². The zero-order chi connectivity index (χ0) is 18.6. The van der Waals surface area contributed by atoms with Crippen molar-refractivity contribution in [1.82, 2.24) is 5.32 Å². The van der Waals surface area contributed by atoms with E-state index in [1.807, 2.05) is 30.3 Å². The van der Waals surface area contributed by atoms with E-state index in [-0.39, 0.29) is 18.0 Å². The van der Waals surface area contributed by atoms with E-state index in [0.29, 0.717) is 6.42 Å². The van der Waals surface area contributed by atoms with E-state index in [2.05, 4.69) is 36.5 Å². The number of benzene rings is 2. The average Bonchev–Trinajstić information content (AvgIpc) is 2.80. The van der Waals surface area contributed by atoms with Gasteiger partial charge in [-0.05, 0) is 36.5 Å². The molecule has 1 N–H and O–H groups in total. The highest BCUT2D eigenvalue weighted by molar-refractivity contribution is 7.99. The third-order valence-corrected chi connectivity index (χ3v) is 6.49. The van der Waals surface area contributed by atoms with Gasteiger partial charge in [-0.15, -0.1) is 11.8 Å². The molecule has 0 fully saturated rings. The van der Waals surface area contributed by atoms with Crippen molar-refractivity contribution in [2.75, 3.05) is 5.75 Å². The topological polar surface area (TPSA) is 12.0 Å². The van der Waals surface area contributed by atoms with Gasteiger partial charge in [0.25, 0.3) is 0 Å². The lowest BCUT2D eigenvalue weighted by atomic mass is 9.88. The zero-order valence-electron chi connectivity index (χ0n) is 14.9. The summed E-state index contributed by atoms with van der Waals surface area (Å²) in [5.74, 6) is 0.779. The van der Waals surface area contributed by atoms with Crippen molar-refractivity contribution in [1.29, 1.82) is 0 Å². The van der Waals surface area contributed by atoms with Gasteiger partial charge in [-0.3, -0.25) is 5.32 Å². The van der Waals surface area contributed by atoms with Gasteiger partial charge >= 0.3 is 6.18 Å². The molecule has 26 heavy (non-hydrogen) atoms.